The molecule has 0 aliphatic rings. The molecule has 10 N–H and O–H groups in total. The van der Waals surface area contributed by atoms with Crippen molar-refractivity contribution in [2.75, 3.05) is 11.1 Å². The highest BCUT2D eigenvalue weighted by molar-refractivity contribution is 5.96. The smallest absolute Gasteiger partial charge is 0.505 e. The quantitative estimate of drug-likeness (QED) is 0.0148. The Kier molecular flexibility index (Phi) is 35.4. The first-order valence-electron chi connectivity index (χ1n) is 15.1. The molecule has 0 aliphatic carbocycles. The number of carboxylic acid groups (broad SMARTS) is 3. The van der Waals surface area contributed by atoms with Gasteiger partial charge in [-0.25, -0.2) is 29.7 Å². The second kappa shape index (κ2) is 37.6. The molecule has 0 saturated heterocycles. The van der Waals surface area contributed by atoms with Crippen molar-refractivity contribution in [1.82, 2.24) is 0 Å². The Bertz CT molecular complexity index is 1540. The van der Waals surface area contributed by atoms with Gasteiger partial charge < -0.3 is 40.7 Å². The molecule has 0 aromatic heterocycles. The molecule has 374 valence electrons. The summed E-state index contributed by atoms with van der Waals surface area (Å²) in [5.41, 5.74) is 3.59. The topological polar surface area (TPSA) is 506 Å². The van der Waals surface area contributed by atoms with E-state index in [1.165, 1.54) is 36.4 Å². The van der Waals surface area contributed by atoms with Crippen LogP contribution in [0.5, 0.6) is 11.5 Å². The number of hydrogen-bond donors (Lipinski definition) is 9. The number of benzene rings is 2. The maximum absolute atomic E-state index is 11.5. The van der Waals surface area contributed by atoms with Crippen molar-refractivity contribution in [2.45, 2.75) is 52.7 Å². The van der Waals surface area contributed by atoms with Crippen LogP contribution in [0, 0.1) is 0 Å². The maximum Gasteiger partial charge on any atom is 0.506 e. The van der Waals surface area contributed by atoms with Gasteiger partial charge in [0.1, 0.15) is 22.3 Å². The summed E-state index contributed by atoms with van der Waals surface area (Å²) in [6.07, 6.45) is -1.99. The number of nitrogen functional groups attached to an aromatic ring is 1. The maximum atomic E-state index is 11.5. The molecule has 0 bridgehead atoms. The van der Waals surface area contributed by atoms with Crippen LogP contribution in [0.2, 0.25) is 0 Å². The highest BCUT2D eigenvalue weighted by Gasteiger charge is 2.19. The number of ether oxygens (including phenoxy) is 2. The van der Waals surface area contributed by atoms with Crippen molar-refractivity contribution in [2.24, 2.45) is 0 Å². The van der Waals surface area contributed by atoms with E-state index >= 15 is 0 Å². The first-order chi connectivity index (χ1) is 30.7. The number of hydrogen-bond acceptors (Lipinski definition) is 37. The molecule has 2 rings (SSSR count). The largest absolute Gasteiger partial charge is 0.506 e. The van der Waals surface area contributed by atoms with E-state index in [0.717, 1.165) is 0 Å². The van der Waals surface area contributed by atoms with E-state index in [4.69, 9.17) is 41.4 Å². The summed E-state index contributed by atoms with van der Waals surface area (Å²) in [6.45, 7) is 10.1. The summed E-state index contributed by atoms with van der Waals surface area (Å²) in [5.74, 6) is -3.34. The highest BCUT2D eigenvalue weighted by Crippen LogP contribution is 2.28. The fourth-order valence-corrected chi connectivity index (χ4v) is 2.50. The number of nitrogens with one attached hydrogen (secondary N) is 1. The number of nitrogens with two attached hydrogens (primary N) is 1. The summed E-state index contributed by atoms with van der Waals surface area (Å²) >= 11 is 0. The van der Waals surface area contributed by atoms with Gasteiger partial charge in [0.2, 0.25) is 0 Å². The molecule has 0 heterocycles. The number of amides is 1. The standard InChI is InChI=1S/C12H15NO5.C7H7NO3.C5H10O3.H2O28/c1-12(2,3)18-11(17)13-8-6-4-5-7(9(8)14)10(15)16;8-5-3-1-2-4(6(5)9)7(10)11;1-5(2,3)8-4(6)7;1-3-5-7-9-11-13-15-17-19-21-23-25-27-28-26-24-22-20-18-16-14-12-10-8-6-4-2/h4-6,14H,1-3H3,(H,13,17)(H,15,16);1-3,9H,8H2,(H,10,11);1-3H3,(H,6,7);1-2H. The van der Waals surface area contributed by atoms with Crippen LogP contribution in [-0.4, -0.2) is 71.4 Å². The van der Waals surface area contributed by atoms with Gasteiger partial charge in [0.15, 0.2) is 11.5 Å². The molecular weight excluding hydrogens is 940 g/mol. The van der Waals surface area contributed by atoms with E-state index in [-0.39, 0.29) is 28.3 Å². The molecule has 41 heteroatoms. The molecule has 0 fully saturated rings. The lowest BCUT2D eigenvalue weighted by Crippen LogP contribution is -2.27. The van der Waals surface area contributed by atoms with Crippen LogP contribution in [0.4, 0.5) is 21.0 Å². The predicted octanol–water partition coefficient (Wildman–Crippen LogP) is 2.83. The Balaban J connectivity index is 0. The third-order valence-corrected chi connectivity index (χ3v) is 4.29. The van der Waals surface area contributed by atoms with E-state index in [0.29, 0.717) is 0 Å². The van der Waals surface area contributed by atoms with Crippen LogP contribution in [0.25, 0.3) is 0 Å². The van der Waals surface area contributed by atoms with Crippen molar-refractivity contribution in [3.8, 4) is 11.5 Å². The van der Waals surface area contributed by atoms with E-state index in [9.17, 15) is 24.3 Å². The summed E-state index contributed by atoms with van der Waals surface area (Å²) < 4.78 is 9.34. The first kappa shape index (κ1) is 61.3. The van der Waals surface area contributed by atoms with Gasteiger partial charge in [0.25, 0.3) is 0 Å². The summed E-state index contributed by atoms with van der Waals surface area (Å²) in [6, 6.07) is 8.22. The van der Waals surface area contributed by atoms with Gasteiger partial charge in [0.05, 0.1) is 11.4 Å². The van der Waals surface area contributed by atoms with Gasteiger partial charge >= 0.3 is 24.2 Å². The molecule has 0 unspecified atom stereocenters. The lowest BCUT2D eigenvalue weighted by molar-refractivity contribution is -0.903. The Morgan fingerprint density at radius 1 is 0.462 bits per heavy atom. The van der Waals surface area contributed by atoms with Crippen molar-refractivity contribution in [3.63, 3.8) is 0 Å². The SMILES string of the molecule is CC(C)(C)OC(=O)Nc1cccc(C(=O)O)c1O.CC(C)(C)OC(=O)O.Nc1cccc(C(=O)O)c1O.OOOOOOOOOOOOOOOOOOOOOOOOOOOO. The summed E-state index contributed by atoms with van der Waals surface area (Å²) in [7, 11) is 0. The van der Waals surface area contributed by atoms with Gasteiger partial charge in [-0.05, 0) is 146 Å². The van der Waals surface area contributed by atoms with Crippen molar-refractivity contribution < 1.29 is 196 Å². The van der Waals surface area contributed by atoms with Crippen LogP contribution in [-0.2, 0) is 140 Å². The lowest BCUT2D eigenvalue weighted by Gasteiger charge is -2.20. The molecule has 65 heavy (non-hydrogen) atoms. The minimum Gasteiger partial charge on any atom is -0.505 e. The van der Waals surface area contributed by atoms with E-state index in [1.807, 2.05) is 0 Å². The fraction of sp³-hybridized carbons (Fsp3) is 0.333. The molecule has 0 radical (unpaired) electrons. The molecule has 0 spiro atoms. The van der Waals surface area contributed by atoms with Gasteiger partial charge in [-0.3, -0.25) is 5.32 Å². The lowest BCUT2D eigenvalue weighted by atomic mass is 10.1. The second-order valence-corrected chi connectivity index (χ2v) is 10.9. The fourth-order valence-electron chi connectivity index (χ4n) is 2.50. The first-order valence-corrected chi connectivity index (χ1v) is 15.1. The zero-order chi connectivity index (χ0) is 49.5. The number of carbonyl (C=O) groups excluding carboxylic acids is 1. The zero-order valence-corrected chi connectivity index (χ0v) is 32.7. The monoisotopic (exact) mass is 974 g/mol. The molecule has 0 aliphatic heterocycles. The molecule has 1 amide bonds. The van der Waals surface area contributed by atoms with Crippen LogP contribution in [0.1, 0.15) is 62.3 Å². The second-order valence-electron chi connectivity index (χ2n) is 10.9. The molecule has 2 aromatic rings. The Hall–Kier alpha value is -5.80. The number of carbonyl (C=O) groups is 4. The Morgan fingerprint density at radius 2 is 0.754 bits per heavy atom. The van der Waals surface area contributed by atoms with Gasteiger partial charge in [-0.15, -0.1) is 0 Å². The number of rotatable bonds is 28. The third kappa shape index (κ3) is 38.4. The zero-order valence-electron chi connectivity index (χ0n) is 32.7. The minimum atomic E-state index is -1.28. The minimum absolute atomic E-state index is 0.0100. The third-order valence-electron chi connectivity index (χ3n) is 4.29. The molecule has 0 atom stereocenters. The number of aromatic hydroxyl groups is 2. The van der Waals surface area contributed by atoms with Crippen LogP contribution in [0.3, 0.4) is 0 Å². The van der Waals surface area contributed by atoms with E-state index < -0.39 is 41.1 Å². The molecule has 0 saturated carbocycles. The van der Waals surface area contributed by atoms with Crippen molar-refractivity contribution >= 4 is 35.6 Å². The van der Waals surface area contributed by atoms with Crippen LogP contribution >= 0.6 is 0 Å². The van der Waals surface area contributed by atoms with Crippen LogP contribution in [0.15, 0.2) is 36.4 Å². The van der Waals surface area contributed by atoms with E-state index in [2.05, 4.69) is 141 Å². The average molecular weight is 975 g/mol. The highest BCUT2D eigenvalue weighted by atomic mass is 18.0. The van der Waals surface area contributed by atoms with Crippen molar-refractivity contribution in [1.29, 1.82) is 0 Å². The van der Waals surface area contributed by atoms with Gasteiger partial charge in [-0.2, -0.15) is 0 Å². The molecular formula is C24H34N2O39. The van der Waals surface area contributed by atoms with Gasteiger partial charge in [-0.1, -0.05) is 12.1 Å². The molecule has 41 nitrogen and oxygen atoms in total. The average Bonchev–Trinajstić information content (AvgIpc) is 3.20. The number of anilines is 2. The van der Waals surface area contributed by atoms with Crippen molar-refractivity contribution in [3.05, 3.63) is 47.5 Å². The molecule has 2 aromatic carbocycles. The summed E-state index contributed by atoms with van der Waals surface area (Å²) in [5, 5.41) is 149. The summed E-state index contributed by atoms with van der Waals surface area (Å²) in [4.78, 5) is 42.4. The number of carboxylic acids is 2. The van der Waals surface area contributed by atoms with Crippen LogP contribution < -0.4 is 11.1 Å². The number of aromatic carboxylic acids is 2. The van der Waals surface area contributed by atoms with E-state index in [1.54, 1.807) is 41.5 Å². The van der Waals surface area contributed by atoms with Gasteiger partial charge in [0, 0.05) is 50.4 Å². The normalized spacial score (nSPS) is 10.8. The predicted molar refractivity (Wildman–Crippen MR) is 167 cm³/mol. The Morgan fingerprint density at radius 3 is 1.00 bits per heavy atom. The Labute approximate surface area is 354 Å². The number of phenols is 2. The number of para-hydroxylation sites is 2.